The lowest BCUT2D eigenvalue weighted by Gasteiger charge is -2.14. The van der Waals surface area contributed by atoms with Gasteiger partial charge in [-0.25, -0.2) is 13.1 Å². The van der Waals surface area contributed by atoms with Crippen LogP contribution in [-0.4, -0.2) is 27.2 Å². The smallest absolute Gasteiger partial charge is 0.244 e. The minimum absolute atomic E-state index is 0.0343. The second-order valence-electron chi connectivity index (χ2n) is 5.24. The highest BCUT2D eigenvalue weighted by Gasteiger charge is 2.24. The van der Waals surface area contributed by atoms with Crippen molar-refractivity contribution < 1.29 is 18.3 Å². The largest absolute Gasteiger partial charge is 0.495 e. The van der Waals surface area contributed by atoms with Gasteiger partial charge < -0.3 is 9.84 Å². The van der Waals surface area contributed by atoms with E-state index >= 15 is 0 Å². The number of halogens is 1. The minimum atomic E-state index is -3.71. The number of aliphatic hydroxyl groups excluding tert-OH is 1. The molecular weight excluding hydrogens is 314 g/mol. The van der Waals surface area contributed by atoms with E-state index in [1.54, 1.807) is 0 Å². The molecule has 2 N–H and O–H groups in total. The normalized spacial score (nSPS) is 15.2. The number of nitrogens with one attached hydrogen (secondary N) is 1. The molecule has 0 atom stereocenters. The van der Waals surface area contributed by atoms with Gasteiger partial charge >= 0.3 is 0 Å². The Morgan fingerprint density at radius 2 is 2.14 bits per heavy atom. The molecule has 1 fully saturated rings. The van der Waals surface area contributed by atoms with Crippen LogP contribution in [0.15, 0.2) is 17.0 Å². The fraction of sp³-hybridized carbons (Fsp3) is 0.571. The molecule has 1 aliphatic rings. The van der Waals surface area contributed by atoms with E-state index in [1.165, 1.54) is 32.1 Å². The van der Waals surface area contributed by atoms with Crippen LogP contribution in [0.5, 0.6) is 5.75 Å². The first kappa shape index (κ1) is 16.5. The van der Waals surface area contributed by atoms with E-state index < -0.39 is 10.0 Å². The summed E-state index contributed by atoms with van der Waals surface area (Å²) < 4.78 is 32.4. The van der Waals surface area contributed by atoms with Crippen LogP contribution in [0.3, 0.4) is 0 Å². The van der Waals surface area contributed by atoms with Crippen molar-refractivity contribution in [1.82, 2.24) is 4.72 Å². The van der Waals surface area contributed by atoms with E-state index in [4.69, 9.17) is 16.3 Å². The molecule has 0 bridgehead atoms. The number of hydrogen-bond acceptors (Lipinski definition) is 4. The summed E-state index contributed by atoms with van der Waals surface area (Å²) in [6.45, 7) is 0.0525. The molecular formula is C14H20ClNO4S. The molecule has 1 aromatic carbocycles. The monoisotopic (exact) mass is 333 g/mol. The average Bonchev–Trinajstić information content (AvgIpc) is 3.26. The van der Waals surface area contributed by atoms with Crippen molar-refractivity contribution in [3.05, 3.63) is 22.7 Å². The van der Waals surface area contributed by atoms with E-state index in [0.29, 0.717) is 12.1 Å². The number of rotatable bonds is 8. The van der Waals surface area contributed by atoms with Gasteiger partial charge in [0.25, 0.3) is 0 Å². The predicted octanol–water partition coefficient (Wildman–Crippen LogP) is 2.31. The zero-order valence-electron chi connectivity index (χ0n) is 11.9. The van der Waals surface area contributed by atoms with Gasteiger partial charge in [-0.15, -0.1) is 0 Å². The molecule has 0 amide bonds. The van der Waals surface area contributed by atoms with Gasteiger partial charge in [0.1, 0.15) is 10.6 Å². The van der Waals surface area contributed by atoms with Crippen LogP contribution in [-0.2, 0) is 16.6 Å². The van der Waals surface area contributed by atoms with E-state index in [0.717, 1.165) is 18.8 Å². The standard InChI is InChI=1S/C14H20ClNO4S/c1-20-14-11(9-17)7-12(15)8-13(14)21(18,19)16-6-2-3-10-4-5-10/h7-8,10,16-17H,2-6,9H2,1H3. The molecule has 0 aromatic heterocycles. The molecule has 0 heterocycles. The summed E-state index contributed by atoms with van der Waals surface area (Å²) in [7, 11) is -2.34. The van der Waals surface area contributed by atoms with E-state index in [9.17, 15) is 13.5 Å². The lowest BCUT2D eigenvalue weighted by Crippen LogP contribution is -2.25. The highest BCUT2D eigenvalue weighted by atomic mass is 35.5. The van der Waals surface area contributed by atoms with Crippen molar-refractivity contribution in [2.75, 3.05) is 13.7 Å². The van der Waals surface area contributed by atoms with Crippen LogP contribution in [0.4, 0.5) is 0 Å². The van der Waals surface area contributed by atoms with E-state index in [1.807, 2.05) is 0 Å². The van der Waals surface area contributed by atoms with Crippen LogP contribution in [0, 0.1) is 5.92 Å². The summed E-state index contributed by atoms with van der Waals surface area (Å²) in [4.78, 5) is -0.0343. The molecule has 1 saturated carbocycles. The van der Waals surface area contributed by atoms with Crippen molar-refractivity contribution >= 4 is 21.6 Å². The highest BCUT2D eigenvalue weighted by Crippen LogP contribution is 2.34. The topological polar surface area (TPSA) is 75.6 Å². The third-order valence-corrected chi connectivity index (χ3v) is 5.22. The Hall–Kier alpha value is -0.820. The molecule has 2 rings (SSSR count). The number of benzene rings is 1. The Balaban J connectivity index is 2.15. The zero-order chi connectivity index (χ0) is 15.5. The van der Waals surface area contributed by atoms with Crippen LogP contribution in [0.1, 0.15) is 31.2 Å². The second kappa shape index (κ2) is 6.96. The molecule has 1 aliphatic carbocycles. The number of methoxy groups -OCH3 is 1. The lowest BCUT2D eigenvalue weighted by molar-refractivity contribution is 0.272. The van der Waals surface area contributed by atoms with Crippen LogP contribution in [0.2, 0.25) is 5.02 Å². The van der Waals surface area contributed by atoms with Crippen molar-refractivity contribution in [1.29, 1.82) is 0 Å². The number of ether oxygens (including phenoxy) is 1. The van der Waals surface area contributed by atoms with Gasteiger partial charge in [-0.1, -0.05) is 24.4 Å². The predicted molar refractivity (Wildman–Crippen MR) is 81.1 cm³/mol. The zero-order valence-corrected chi connectivity index (χ0v) is 13.5. The fourth-order valence-electron chi connectivity index (χ4n) is 2.25. The Kier molecular flexibility index (Phi) is 5.48. The Labute approximate surface area is 130 Å². The molecule has 21 heavy (non-hydrogen) atoms. The quantitative estimate of drug-likeness (QED) is 0.716. The Bertz CT molecular complexity index is 599. The lowest BCUT2D eigenvalue weighted by atomic mass is 10.2. The van der Waals surface area contributed by atoms with Crippen molar-refractivity contribution in [2.45, 2.75) is 37.2 Å². The summed E-state index contributed by atoms with van der Waals surface area (Å²) >= 11 is 5.92. The number of aliphatic hydroxyl groups is 1. The molecule has 7 heteroatoms. The first-order valence-corrected chi connectivity index (χ1v) is 8.81. The third kappa shape index (κ3) is 4.32. The molecule has 0 saturated heterocycles. The maximum absolute atomic E-state index is 12.4. The molecule has 0 spiro atoms. The summed E-state index contributed by atoms with van der Waals surface area (Å²) in [6.07, 6.45) is 4.39. The molecule has 118 valence electrons. The molecule has 0 radical (unpaired) electrons. The Morgan fingerprint density at radius 3 is 2.71 bits per heavy atom. The van der Waals surface area contributed by atoms with Crippen LogP contribution < -0.4 is 9.46 Å². The Morgan fingerprint density at radius 1 is 1.43 bits per heavy atom. The van der Waals surface area contributed by atoms with Gasteiger partial charge in [0.05, 0.1) is 13.7 Å². The molecule has 0 unspecified atom stereocenters. The van der Waals surface area contributed by atoms with Gasteiger partial charge in [-0.05, 0) is 30.9 Å². The summed E-state index contributed by atoms with van der Waals surface area (Å²) in [5.74, 6) is 0.910. The van der Waals surface area contributed by atoms with Crippen molar-refractivity contribution in [2.24, 2.45) is 5.92 Å². The van der Waals surface area contributed by atoms with Crippen LogP contribution >= 0.6 is 11.6 Å². The maximum atomic E-state index is 12.4. The van der Waals surface area contributed by atoms with Crippen LogP contribution in [0.25, 0.3) is 0 Å². The SMILES string of the molecule is COc1c(CO)cc(Cl)cc1S(=O)(=O)NCCCC1CC1. The van der Waals surface area contributed by atoms with E-state index in [2.05, 4.69) is 4.72 Å². The maximum Gasteiger partial charge on any atom is 0.244 e. The fourth-order valence-corrected chi connectivity index (χ4v) is 3.87. The van der Waals surface area contributed by atoms with Gasteiger partial charge in [0, 0.05) is 17.1 Å². The minimum Gasteiger partial charge on any atom is -0.495 e. The van der Waals surface area contributed by atoms with Crippen molar-refractivity contribution in [3.63, 3.8) is 0 Å². The third-order valence-electron chi connectivity index (χ3n) is 3.54. The molecule has 0 aliphatic heterocycles. The second-order valence-corrected chi connectivity index (χ2v) is 7.41. The molecule has 1 aromatic rings. The summed E-state index contributed by atoms with van der Waals surface area (Å²) in [6, 6.07) is 2.83. The van der Waals surface area contributed by atoms with E-state index in [-0.39, 0.29) is 22.3 Å². The number of hydrogen-bond donors (Lipinski definition) is 2. The average molecular weight is 334 g/mol. The first-order chi connectivity index (χ1) is 9.97. The number of sulfonamides is 1. The molecule has 5 nitrogen and oxygen atoms in total. The van der Waals surface area contributed by atoms with Gasteiger partial charge in [-0.2, -0.15) is 0 Å². The van der Waals surface area contributed by atoms with Gasteiger partial charge in [0.2, 0.25) is 10.0 Å². The summed E-state index contributed by atoms with van der Waals surface area (Å²) in [5.41, 5.74) is 0.350. The van der Waals surface area contributed by atoms with Crippen molar-refractivity contribution in [3.8, 4) is 5.75 Å². The highest BCUT2D eigenvalue weighted by molar-refractivity contribution is 7.89. The van der Waals surface area contributed by atoms with Gasteiger partial charge in [-0.3, -0.25) is 0 Å². The summed E-state index contributed by atoms with van der Waals surface area (Å²) in [5, 5.41) is 9.54. The van der Waals surface area contributed by atoms with Gasteiger partial charge in [0.15, 0.2) is 0 Å². The first-order valence-electron chi connectivity index (χ1n) is 6.95.